The van der Waals surface area contributed by atoms with Crippen LogP contribution < -0.4 is 5.73 Å². The van der Waals surface area contributed by atoms with Gasteiger partial charge in [0.15, 0.2) is 5.82 Å². The van der Waals surface area contributed by atoms with Crippen LogP contribution in [0.5, 0.6) is 0 Å². The normalized spacial score (nSPS) is 14.6. The predicted molar refractivity (Wildman–Crippen MR) is 173 cm³/mol. The molecule has 0 radical (unpaired) electrons. The van der Waals surface area contributed by atoms with Crippen LogP contribution in [-0.2, 0) is 0 Å². The van der Waals surface area contributed by atoms with Gasteiger partial charge in [0.2, 0.25) is 5.91 Å². The molecule has 2 aliphatic rings. The molecule has 0 saturated heterocycles. The van der Waals surface area contributed by atoms with Gasteiger partial charge in [0.05, 0.1) is 16.6 Å². The minimum Gasteiger partial charge on any atom is -0.366 e. The average molecular weight is 558 g/mol. The zero-order valence-electron chi connectivity index (χ0n) is 24.5. The van der Waals surface area contributed by atoms with Crippen LogP contribution in [0.3, 0.4) is 0 Å². The van der Waals surface area contributed by atoms with Crippen molar-refractivity contribution >= 4 is 27.8 Å². The standard InChI is InChI=1S/C28H25N5O.C6H8.C2H6/c29-27(34)21-13-14-26-24(17-21)30-28(33(26)22-9-5-2-6-10-22)25-16-20-12-11-19(15-23(20)31-32-25)18-7-3-1-4-8-18;1-2-4-6-5-3-1;1-2/h1,3-4,7-8,11-17,22H,2,5-6,9-10H2,(H2,29,34);1-4H,5-6H2;1-2H3. The Balaban J connectivity index is 0.000000388. The van der Waals surface area contributed by atoms with E-state index in [0.29, 0.717) is 11.6 Å². The van der Waals surface area contributed by atoms with E-state index in [9.17, 15) is 4.79 Å². The molecule has 3 aromatic carbocycles. The summed E-state index contributed by atoms with van der Waals surface area (Å²) in [7, 11) is 0. The van der Waals surface area contributed by atoms with Gasteiger partial charge in [-0.15, -0.1) is 10.2 Å². The van der Waals surface area contributed by atoms with Gasteiger partial charge in [0.25, 0.3) is 0 Å². The van der Waals surface area contributed by atoms with E-state index in [-0.39, 0.29) is 0 Å². The smallest absolute Gasteiger partial charge is 0.248 e. The first-order chi connectivity index (χ1) is 20.7. The molecule has 1 fully saturated rings. The molecule has 6 nitrogen and oxygen atoms in total. The van der Waals surface area contributed by atoms with Gasteiger partial charge in [-0.05, 0) is 67.1 Å². The Morgan fingerprint density at radius 3 is 2.19 bits per heavy atom. The lowest BCUT2D eigenvalue weighted by atomic mass is 9.95. The van der Waals surface area contributed by atoms with E-state index in [2.05, 4.69) is 75.5 Å². The van der Waals surface area contributed by atoms with Crippen LogP contribution in [-0.4, -0.2) is 25.7 Å². The van der Waals surface area contributed by atoms with Gasteiger partial charge in [0, 0.05) is 17.0 Å². The molecule has 2 heterocycles. The Hall–Kier alpha value is -4.58. The van der Waals surface area contributed by atoms with Crippen molar-refractivity contribution in [1.29, 1.82) is 0 Å². The first kappa shape index (κ1) is 28.9. The van der Waals surface area contributed by atoms with Crippen molar-refractivity contribution in [2.75, 3.05) is 0 Å². The first-order valence-electron chi connectivity index (χ1n) is 15.1. The maximum absolute atomic E-state index is 11.7. The fraction of sp³-hybridized carbons (Fsp3) is 0.278. The highest BCUT2D eigenvalue weighted by atomic mass is 16.1. The molecule has 2 aromatic heterocycles. The van der Waals surface area contributed by atoms with E-state index in [0.717, 1.165) is 57.4 Å². The fourth-order valence-corrected chi connectivity index (χ4v) is 5.64. The second kappa shape index (κ2) is 13.9. The van der Waals surface area contributed by atoms with Crippen LogP contribution in [0.4, 0.5) is 0 Å². The van der Waals surface area contributed by atoms with Crippen LogP contribution >= 0.6 is 0 Å². The zero-order valence-corrected chi connectivity index (χ0v) is 24.5. The molecule has 0 unspecified atom stereocenters. The molecule has 0 atom stereocenters. The molecule has 6 heteroatoms. The number of fused-ring (bicyclic) bond motifs is 2. The molecule has 7 rings (SSSR count). The molecule has 2 aliphatic carbocycles. The molecular formula is C36H39N5O. The van der Waals surface area contributed by atoms with Crippen molar-refractivity contribution in [3.63, 3.8) is 0 Å². The summed E-state index contributed by atoms with van der Waals surface area (Å²) in [6, 6.07) is 24.5. The van der Waals surface area contributed by atoms with E-state index in [1.807, 2.05) is 38.1 Å². The second-order valence-corrected chi connectivity index (χ2v) is 10.5. The summed E-state index contributed by atoms with van der Waals surface area (Å²) in [6.07, 6.45) is 16.9. The Kier molecular flexibility index (Phi) is 9.55. The lowest BCUT2D eigenvalue weighted by molar-refractivity contribution is 0.100. The first-order valence-corrected chi connectivity index (χ1v) is 15.1. The van der Waals surface area contributed by atoms with Gasteiger partial charge in [-0.1, -0.05) is 99.9 Å². The van der Waals surface area contributed by atoms with Gasteiger partial charge >= 0.3 is 0 Å². The number of benzene rings is 3. The summed E-state index contributed by atoms with van der Waals surface area (Å²) < 4.78 is 2.30. The van der Waals surface area contributed by atoms with Crippen LogP contribution in [0.25, 0.3) is 44.6 Å². The monoisotopic (exact) mass is 557 g/mol. The average Bonchev–Trinajstić information content (AvgIpc) is 3.46. The third-order valence-electron chi connectivity index (χ3n) is 7.72. The van der Waals surface area contributed by atoms with Gasteiger partial charge in [0.1, 0.15) is 5.69 Å². The number of nitrogens with two attached hydrogens (primary N) is 1. The highest BCUT2D eigenvalue weighted by Crippen LogP contribution is 2.36. The minimum atomic E-state index is -0.449. The summed E-state index contributed by atoms with van der Waals surface area (Å²) in [6.45, 7) is 4.00. The summed E-state index contributed by atoms with van der Waals surface area (Å²) in [5.74, 6) is 0.348. The van der Waals surface area contributed by atoms with E-state index < -0.39 is 5.91 Å². The molecule has 0 spiro atoms. The van der Waals surface area contributed by atoms with E-state index in [4.69, 9.17) is 10.7 Å². The number of carbonyl (C=O) groups is 1. The number of amides is 1. The third kappa shape index (κ3) is 6.49. The van der Waals surface area contributed by atoms with Gasteiger partial charge in [-0.25, -0.2) is 4.98 Å². The molecule has 1 amide bonds. The van der Waals surface area contributed by atoms with Gasteiger partial charge in [-0.3, -0.25) is 4.79 Å². The summed E-state index contributed by atoms with van der Waals surface area (Å²) >= 11 is 0. The molecular weight excluding hydrogens is 518 g/mol. The van der Waals surface area contributed by atoms with Crippen LogP contribution in [0.1, 0.15) is 75.2 Å². The molecule has 0 aliphatic heterocycles. The van der Waals surface area contributed by atoms with Crippen molar-refractivity contribution < 1.29 is 4.79 Å². The van der Waals surface area contributed by atoms with Crippen molar-refractivity contribution in [1.82, 2.24) is 19.7 Å². The van der Waals surface area contributed by atoms with Crippen LogP contribution in [0.15, 0.2) is 97.1 Å². The number of nitrogens with zero attached hydrogens (tertiary/aromatic N) is 4. The summed E-state index contributed by atoms with van der Waals surface area (Å²) in [4.78, 5) is 16.7. The van der Waals surface area contributed by atoms with Gasteiger partial charge < -0.3 is 10.3 Å². The lowest BCUT2D eigenvalue weighted by Crippen LogP contribution is -2.14. The minimum absolute atomic E-state index is 0.353. The van der Waals surface area contributed by atoms with Crippen LogP contribution in [0, 0.1) is 0 Å². The SMILES string of the molecule is C1=CCCC=C1.CC.NC(=O)c1ccc2c(c1)nc(-c1cc3ccc(-c4ccccc4)cc3nn1)n2C1CCCCC1. The maximum atomic E-state index is 11.7. The Morgan fingerprint density at radius 1 is 0.786 bits per heavy atom. The number of hydrogen-bond acceptors (Lipinski definition) is 4. The molecule has 1 saturated carbocycles. The lowest BCUT2D eigenvalue weighted by Gasteiger charge is -2.25. The third-order valence-corrected chi connectivity index (χ3v) is 7.72. The molecule has 214 valence electrons. The predicted octanol–water partition coefficient (Wildman–Crippen LogP) is 8.84. The molecule has 2 N–H and O–H groups in total. The quantitative estimate of drug-likeness (QED) is 0.239. The second-order valence-electron chi connectivity index (χ2n) is 10.5. The summed E-state index contributed by atoms with van der Waals surface area (Å²) in [5, 5.41) is 10.2. The van der Waals surface area contributed by atoms with Crippen molar-refractivity contribution in [2.45, 2.75) is 64.8 Å². The number of imidazole rings is 1. The molecule has 42 heavy (non-hydrogen) atoms. The molecule has 0 bridgehead atoms. The zero-order chi connectivity index (χ0) is 29.3. The Bertz CT molecular complexity index is 1700. The van der Waals surface area contributed by atoms with Crippen molar-refractivity contribution in [2.24, 2.45) is 5.73 Å². The molecule has 5 aromatic rings. The number of aromatic nitrogens is 4. The summed E-state index contributed by atoms with van der Waals surface area (Å²) in [5.41, 5.74) is 11.6. The van der Waals surface area contributed by atoms with E-state index in [1.54, 1.807) is 12.1 Å². The maximum Gasteiger partial charge on any atom is 0.248 e. The van der Waals surface area contributed by atoms with Crippen molar-refractivity contribution in [3.05, 3.63) is 103 Å². The highest BCUT2D eigenvalue weighted by Gasteiger charge is 2.24. The van der Waals surface area contributed by atoms with Gasteiger partial charge in [-0.2, -0.15) is 0 Å². The number of allylic oxidation sites excluding steroid dienone is 4. The van der Waals surface area contributed by atoms with Crippen molar-refractivity contribution in [3.8, 4) is 22.6 Å². The number of primary amides is 1. The highest BCUT2D eigenvalue weighted by molar-refractivity contribution is 5.97. The van der Waals surface area contributed by atoms with E-state index in [1.165, 1.54) is 32.1 Å². The number of rotatable bonds is 4. The Labute approximate surface area is 248 Å². The Morgan fingerprint density at radius 2 is 1.52 bits per heavy atom. The van der Waals surface area contributed by atoms with E-state index >= 15 is 0 Å². The largest absolute Gasteiger partial charge is 0.366 e. The number of hydrogen-bond donors (Lipinski definition) is 1. The fourth-order valence-electron chi connectivity index (χ4n) is 5.64. The van der Waals surface area contributed by atoms with Crippen LogP contribution in [0.2, 0.25) is 0 Å². The number of carbonyl (C=O) groups excluding carboxylic acids is 1. The topological polar surface area (TPSA) is 86.7 Å².